The second-order valence-electron chi connectivity index (χ2n) is 3.53. The van der Waals surface area contributed by atoms with E-state index in [4.69, 9.17) is 5.73 Å². The van der Waals surface area contributed by atoms with Crippen molar-refractivity contribution in [1.82, 2.24) is 10.2 Å². The van der Waals surface area contributed by atoms with E-state index >= 15 is 0 Å². The molecule has 0 saturated heterocycles. The molecule has 1 heterocycles. The highest BCUT2D eigenvalue weighted by Crippen LogP contribution is 2.29. The van der Waals surface area contributed by atoms with Gasteiger partial charge in [0.05, 0.1) is 4.92 Å². The Bertz CT molecular complexity index is 585. The highest BCUT2D eigenvalue weighted by Gasteiger charge is 2.12. The average molecular weight is 282 g/mol. The number of aryl methyl sites for hydroxylation is 1. The summed E-state index contributed by atoms with van der Waals surface area (Å²) >= 11 is 3.00. The van der Waals surface area contributed by atoms with E-state index in [1.54, 1.807) is 12.1 Å². The van der Waals surface area contributed by atoms with Crippen molar-refractivity contribution < 1.29 is 4.92 Å². The summed E-state index contributed by atoms with van der Waals surface area (Å²) in [6.45, 7) is 1.88. The lowest BCUT2D eigenvalue weighted by Gasteiger charge is -2.01. The summed E-state index contributed by atoms with van der Waals surface area (Å²) in [5.41, 5.74) is 6.50. The van der Waals surface area contributed by atoms with Gasteiger partial charge in [0.15, 0.2) is 4.34 Å². The Morgan fingerprint density at radius 3 is 2.89 bits per heavy atom. The maximum atomic E-state index is 10.8. The number of thioether (sulfide) groups is 1. The summed E-state index contributed by atoms with van der Waals surface area (Å²) in [6, 6.07) is 4.83. The van der Waals surface area contributed by atoms with Gasteiger partial charge in [0.2, 0.25) is 0 Å². The maximum absolute atomic E-state index is 10.8. The molecular weight excluding hydrogens is 272 g/mol. The molecule has 94 valence electrons. The minimum Gasteiger partial charge on any atom is -0.393 e. The molecule has 0 radical (unpaired) electrons. The molecule has 1 aromatic carbocycles. The van der Waals surface area contributed by atoms with Gasteiger partial charge >= 0.3 is 0 Å². The van der Waals surface area contributed by atoms with Gasteiger partial charge in [-0.15, -0.1) is 10.2 Å². The lowest BCUT2D eigenvalue weighted by atomic mass is 10.2. The third-order valence-corrected chi connectivity index (χ3v) is 4.20. The van der Waals surface area contributed by atoms with Crippen molar-refractivity contribution >= 4 is 34.5 Å². The molecule has 2 N–H and O–H groups in total. The lowest BCUT2D eigenvalue weighted by Crippen LogP contribution is -1.96. The van der Waals surface area contributed by atoms with Crippen LogP contribution in [-0.4, -0.2) is 15.1 Å². The van der Waals surface area contributed by atoms with Crippen LogP contribution in [0.5, 0.6) is 0 Å². The summed E-state index contributed by atoms with van der Waals surface area (Å²) < 4.78 is 0.854. The first kappa shape index (κ1) is 12.8. The van der Waals surface area contributed by atoms with Gasteiger partial charge in [0.1, 0.15) is 10.7 Å². The van der Waals surface area contributed by atoms with Gasteiger partial charge in [-0.1, -0.05) is 29.2 Å². The molecule has 18 heavy (non-hydrogen) atoms. The first-order valence-electron chi connectivity index (χ1n) is 5.02. The molecule has 8 heteroatoms. The molecule has 0 aliphatic carbocycles. The number of benzene rings is 1. The Balaban J connectivity index is 2.10. The number of nitrogens with two attached hydrogens (primary N) is 1. The summed E-state index contributed by atoms with van der Waals surface area (Å²) in [5, 5.41) is 19.5. The van der Waals surface area contributed by atoms with Gasteiger partial charge in [-0.05, 0) is 18.6 Å². The van der Waals surface area contributed by atoms with Crippen LogP contribution in [0.1, 0.15) is 10.6 Å². The van der Waals surface area contributed by atoms with Gasteiger partial charge < -0.3 is 5.73 Å². The van der Waals surface area contributed by atoms with Crippen molar-refractivity contribution in [2.24, 2.45) is 0 Å². The normalized spacial score (nSPS) is 10.5. The Morgan fingerprint density at radius 1 is 1.50 bits per heavy atom. The molecule has 1 aromatic heterocycles. The van der Waals surface area contributed by atoms with Gasteiger partial charge in [0, 0.05) is 11.8 Å². The second kappa shape index (κ2) is 5.32. The molecule has 2 rings (SSSR count). The van der Waals surface area contributed by atoms with E-state index < -0.39 is 4.92 Å². The van der Waals surface area contributed by atoms with Gasteiger partial charge in [-0.2, -0.15) is 0 Å². The fraction of sp³-hybridized carbons (Fsp3) is 0.200. The second-order valence-corrected chi connectivity index (χ2v) is 5.93. The summed E-state index contributed by atoms with van der Waals surface area (Å²) in [6.07, 6.45) is 0. The molecule has 0 aliphatic heterocycles. The molecule has 0 atom stereocenters. The number of rotatable bonds is 4. The van der Waals surface area contributed by atoms with Gasteiger partial charge in [0.25, 0.3) is 5.69 Å². The van der Waals surface area contributed by atoms with Crippen molar-refractivity contribution in [2.75, 3.05) is 5.73 Å². The third kappa shape index (κ3) is 2.96. The van der Waals surface area contributed by atoms with Crippen molar-refractivity contribution in [3.05, 3.63) is 38.9 Å². The van der Waals surface area contributed by atoms with E-state index in [-0.39, 0.29) is 11.4 Å². The number of hydrogen-bond donors (Lipinski definition) is 1. The zero-order chi connectivity index (χ0) is 13.1. The molecule has 0 aliphatic rings. The van der Waals surface area contributed by atoms with E-state index in [9.17, 15) is 10.1 Å². The van der Waals surface area contributed by atoms with Crippen LogP contribution in [0, 0.1) is 17.0 Å². The number of nitrogen functional groups attached to an aromatic ring is 1. The molecule has 0 fully saturated rings. The fourth-order valence-corrected chi connectivity index (χ4v) is 3.08. The zero-order valence-electron chi connectivity index (χ0n) is 9.49. The van der Waals surface area contributed by atoms with Crippen LogP contribution >= 0.6 is 23.1 Å². The number of nitro groups is 1. The predicted octanol–water partition coefficient (Wildman–Crippen LogP) is 2.63. The zero-order valence-corrected chi connectivity index (χ0v) is 11.1. The van der Waals surface area contributed by atoms with Crippen molar-refractivity contribution in [3.63, 3.8) is 0 Å². The molecule has 0 saturated carbocycles. The van der Waals surface area contributed by atoms with Gasteiger partial charge in [-0.25, -0.2) is 0 Å². The van der Waals surface area contributed by atoms with Crippen LogP contribution in [-0.2, 0) is 5.75 Å². The van der Waals surface area contributed by atoms with Crippen LogP contribution in [0.15, 0.2) is 22.5 Å². The Hall–Kier alpha value is -1.67. The number of nitrogens with zero attached hydrogens (tertiary/aromatic N) is 3. The molecule has 6 nitrogen and oxygen atoms in total. The molecule has 2 aromatic rings. The highest BCUT2D eigenvalue weighted by atomic mass is 32.2. The van der Waals surface area contributed by atoms with Crippen molar-refractivity contribution in [2.45, 2.75) is 17.0 Å². The number of hydrogen-bond acceptors (Lipinski definition) is 7. The van der Waals surface area contributed by atoms with E-state index in [1.807, 2.05) is 6.92 Å². The number of aromatic nitrogens is 2. The minimum atomic E-state index is -0.474. The molecule has 0 spiro atoms. The quantitative estimate of drug-likeness (QED) is 0.401. The topological polar surface area (TPSA) is 94.9 Å². The molecule has 0 bridgehead atoms. The number of nitro benzene ring substituents is 1. The Labute approximate surface area is 111 Å². The number of anilines is 1. The summed E-state index contributed by atoms with van der Waals surface area (Å²) in [7, 11) is 0. The Kier molecular flexibility index (Phi) is 3.78. The van der Waals surface area contributed by atoms with Crippen molar-refractivity contribution in [3.8, 4) is 0 Å². The lowest BCUT2D eigenvalue weighted by molar-refractivity contribution is -0.383. The highest BCUT2D eigenvalue weighted by molar-refractivity contribution is 8.00. The van der Waals surface area contributed by atoms with E-state index in [0.29, 0.717) is 5.75 Å². The van der Waals surface area contributed by atoms with E-state index in [0.717, 1.165) is 14.9 Å². The van der Waals surface area contributed by atoms with Crippen molar-refractivity contribution in [1.29, 1.82) is 0 Å². The predicted molar refractivity (Wildman–Crippen MR) is 71.7 cm³/mol. The third-order valence-electron chi connectivity index (χ3n) is 2.16. The summed E-state index contributed by atoms with van der Waals surface area (Å²) in [5.74, 6) is 0.607. The monoisotopic (exact) mass is 282 g/mol. The average Bonchev–Trinajstić information content (AvgIpc) is 2.74. The van der Waals surface area contributed by atoms with Crippen LogP contribution in [0.25, 0.3) is 0 Å². The van der Waals surface area contributed by atoms with E-state index in [2.05, 4.69) is 10.2 Å². The largest absolute Gasteiger partial charge is 0.393 e. The first-order chi connectivity index (χ1) is 8.56. The molecule has 0 amide bonds. The van der Waals surface area contributed by atoms with E-state index in [1.165, 1.54) is 29.2 Å². The maximum Gasteiger partial charge on any atom is 0.292 e. The standard InChI is InChI=1S/C10H10N4O2S2/c1-6-12-13-10(18-6)17-5-7-2-3-8(11)9(4-7)14(15)16/h2-4H,5,11H2,1H3. The van der Waals surface area contributed by atoms with Crippen LogP contribution < -0.4 is 5.73 Å². The Morgan fingerprint density at radius 2 is 2.28 bits per heavy atom. The SMILES string of the molecule is Cc1nnc(SCc2ccc(N)c([N+](=O)[O-])c2)s1. The fourth-order valence-electron chi connectivity index (χ4n) is 1.32. The molecular formula is C10H10N4O2S2. The van der Waals surface area contributed by atoms with Crippen LogP contribution in [0.3, 0.4) is 0 Å². The smallest absolute Gasteiger partial charge is 0.292 e. The van der Waals surface area contributed by atoms with Gasteiger partial charge in [-0.3, -0.25) is 10.1 Å². The molecule has 0 unspecified atom stereocenters. The first-order valence-corrected chi connectivity index (χ1v) is 6.82. The van der Waals surface area contributed by atoms with Crippen LogP contribution in [0.2, 0.25) is 0 Å². The van der Waals surface area contributed by atoms with Crippen LogP contribution in [0.4, 0.5) is 11.4 Å². The summed E-state index contributed by atoms with van der Waals surface area (Å²) in [4.78, 5) is 10.3. The minimum absolute atomic E-state index is 0.0541.